The number of rotatable bonds is 4. The Kier molecular flexibility index (Phi) is 4.01. The summed E-state index contributed by atoms with van der Waals surface area (Å²) in [6.07, 6.45) is 0.781. The number of aryl methyl sites for hydroxylation is 2. The molecule has 0 atom stereocenters. The monoisotopic (exact) mass is 215 g/mol. The predicted octanol–water partition coefficient (Wildman–Crippen LogP) is 2.26. The van der Waals surface area contributed by atoms with Crippen LogP contribution in [0.1, 0.15) is 28.3 Å². The van der Waals surface area contributed by atoms with Crippen LogP contribution in [0, 0.1) is 13.8 Å². The van der Waals surface area contributed by atoms with E-state index in [1.807, 2.05) is 6.92 Å². The van der Waals surface area contributed by atoms with Crippen LogP contribution in [-0.4, -0.2) is 18.3 Å². The Hall–Kier alpha value is -0.960. The minimum Gasteiger partial charge on any atom is -0.466 e. The van der Waals surface area contributed by atoms with Gasteiger partial charge in [-0.05, 0) is 26.3 Å². The molecule has 78 valence electrons. The van der Waals surface area contributed by atoms with Crippen molar-refractivity contribution in [2.45, 2.75) is 20.3 Å². The van der Waals surface area contributed by atoms with Crippen LogP contribution in [0.15, 0.2) is 10.5 Å². The van der Waals surface area contributed by atoms with Gasteiger partial charge in [0.05, 0.1) is 5.56 Å². The maximum Gasteiger partial charge on any atom is 0.254 e. The lowest BCUT2D eigenvalue weighted by molar-refractivity contribution is 0.0952. The van der Waals surface area contributed by atoms with Crippen molar-refractivity contribution in [3.63, 3.8) is 0 Å². The van der Waals surface area contributed by atoms with Crippen molar-refractivity contribution in [3.05, 3.63) is 23.2 Å². The summed E-state index contributed by atoms with van der Waals surface area (Å²) in [5.74, 6) is 1.88. The number of hydrogen-bond donors (Lipinski definition) is 1. The Labute approximate surface area is 88.4 Å². The lowest BCUT2D eigenvalue weighted by Gasteiger charge is -2.01. The highest BCUT2D eigenvalue weighted by Crippen LogP contribution is 2.13. The molecule has 1 N–H and O–H groups in total. The fourth-order valence-corrected chi connectivity index (χ4v) is 1.35. The van der Waals surface area contributed by atoms with Crippen LogP contribution in [0.2, 0.25) is 0 Å². The zero-order valence-corrected chi connectivity index (χ0v) is 9.15. The van der Waals surface area contributed by atoms with E-state index in [0.29, 0.717) is 23.7 Å². The van der Waals surface area contributed by atoms with E-state index >= 15 is 0 Å². The molecule has 0 radical (unpaired) electrons. The number of amides is 1. The highest BCUT2D eigenvalue weighted by atomic mass is 35.5. The van der Waals surface area contributed by atoms with Crippen LogP contribution in [0.25, 0.3) is 0 Å². The third-order valence-electron chi connectivity index (χ3n) is 1.88. The van der Waals surface area contributed by atoms with Crippen molar-refractivity contribution in [1.82, 2.24) is 5.32 Å². The number of hydrogen-bond acceptors (Lipinski definition) is 2. The van der Waals surface area contributed by atoms with Crippen molar-refractivity contribution >= 4 is 17.5 Å². The van der Waals surface area contributed by atoms with Crippen molar-refractivity contribution in [2.24, 2.45) is 0 Å². The average molecular weight is 216 g/mol. The summed E-state index contributed by atoms with van der Waals surface area (Å²) in [5.41, 5.74) is 0.608. The molecule has 0 spiro atoms. The van der Waals surface area contributed by atoms with Crippen molar-refractivity contribution < 1.29 is 9.21 Å². The Balaban J connectivity index is 2.56. The van der Waals surface area contributed by atoms with E-state index in [1.54, 1.807) is 13.0 Å². The van der Waals surface area contributed by atoms with Crippen LogP contribution in [-0.2, 0) is 0 Å². The SMILES string of the molecule is Cc1cc(C(=O)NCCCCl)c(C)o1. The second kappa shape index (κ2) is 5.05. The maximum atomic E-state index is 11.5. The highest BCUT2D eigenvalue weighted by molar-refractivity contribution is 6.17. The zero-order valence-electron chi connectivity index (χ0n) is 8.39. The first-order valence-electron chi connectivity index (χ1n) is 4.56. The van der Waals surface area contributed by atoms with E-state index in [4.69, 9.17) is 16.0 Å². The van der Waals surface area contributed by atoms with Crippen molar-refractivity contribution in [2.75, 3.05) is 12.4 Å². The number of halogens is 1. The summed E-state index contributed by atoms with van der Waals surface area (Å²) in [6, 6.07) is 1.74. The highest BCUT2D eigenvalue weighted by Gasteiger charge is 2.12. The van der Waals surface area contributed by atoms with Crippen LogP contribution in [0.5, 0.6) is 0 Å². The van der Waals surface area contributed by atoms with E-state index in [1.165, 1.54) is 0 Å². The van der Waals surface area contributed by atoms with Gasteiger partial charge in [0, 0.05) is 12.4 Å². The first-order valence-corrected chi connectivity index (χ1v) is 5.10. The molecule has 1 amide bonds. The summed E-state index contributed by atoms with van der Waals surface area (Å²) in [5, 5.41) is 2.77. The number of alkyl halides is 1. The lowest BCUT2D eigenvalue weighted by atomic mass is 10.2. The fourth-order valence-electron chi connectivity index (χ4n) is 1.22. The molecule has 14 heavy (non-hydrogen) atoms. The average Bonchev–Trinajstić information content (AvgIpc) is 2.45. The molecule has 0 saturated heterocycles. The maximum absolute atomic E-state index is 11.5. The van der Waals surface area contributed by atoms with Gasteiger partial charge in [0.2, 0.25) is 0 Å². The van der Waals surface area contributed by atoms with Crippen molar-refractivity contribution in [3.8, 4) is 0 Å². The van der Waals surface area contributed by atoms with Gasteiger partial charge in [-0.2, -0.15) is 0 Å². The first-order chi connectivity index (χ1) is 6.65. The topological polar surface area (TPSA) is 42.2 Å². The lowest BCUT2D eigenvalue weighted by Crippen LogP contribution is -2.24. The van der Waals surface area contributed by atoms with Gasteiger partial charge in [-0.25, -0.2) is 0 Å². The smallest absolute Gasteiger partial charge is 0.254 e. The quantitative estimate of drug-likeness (QED) is 0.619. The minimum atomic E-state index is -0.0931. The fraction of sp³-hybridized carbons (Fsp3) is 0.500. The van der Waals surface area contributed by atoms with Gasteiger partial charge < -0.3 is 9.73 Å². The summed E-state index contributed by atoms with van der Waals surface area (Å²) in [7, 11) is 0. The molecule has 0 aromatic carbocycles. The van der Waals surface area contributed by atoms with Gasteiger partial charge in [-0.1, -0.05) is 0 Å². The second-order valence-electron chi connectivity index (χ2n) is 3.13. The molecule has 0 unspecified atom stereocenters. The third kappa shape index (κ3) is 2.77. The van der Waals surface area contributed by atoms with Crippen LogP contribution >= 0.6 is 11.6 Å². The molecule has 1 rings (SSSR count). The normalized spacial score (nSPS) is 10.2. The van der Waals surface area contributed by atoms with Crippen LogP contribution < -0.4 is 5.32 Å². The Bertz CT molecular complexity index is 320. The summed E-state index contributed by atoms with van der Waals surface area (Å²) >= 11 is 5.50. The molecular formula is C10H14ClNO2. The Morgan fingerprint density at radius 2 is 2.29 bits per heavy atom. The molecule has 0 aliphatic heterocycles. The predicted molar refractivity (Wildman–Crippen MR) is 55.9 cm³/mol. The van der Waals surface area contributed by atoms with Gasteiger partial charge >= 0.3 is 0 Å². The van der Waals surface area contributed by atoms with E-state index in [9.17, 15) is 4.79 Å². The van der Waals surface area contributed by atoms with Gasteiger partial charge in [0.25, 0.3) is 5.91 Å². The molecule has 3 nitrogen and oxygen atoms in total. The van der Waals surface area contributed by atoms with Gasteiger partial charge in [-0.15, -0.1) is 11.6 Å². The Morgan fingerprint density at radius 3 is 2.79 bits per heavy atom. The molecule has 1 heterocycles. The van der Waals surface area contributed by atoms with Gasteiger partial charge in [-0.3, -0.25) is 4.79 Å². The standard InChI is InChI=1S/C10H14ClNO2/c1-7-6-9(8(2)14-7)10(13)12-5-3-4-11/h6H,3-5H2,1-2H3,(H,12,13). The molecule has 0 saturated carbocycles. The van der Waals surface area contributed by atoms with Crippen molar-refractivity contribution in [1.29, 1.82) is 0 Å². The minimum absolute atomic E-state index is 0.0931. The Morgan fingerprint density at radius 1 is 1.57 bits per heavy atom. The van der Waals surface area contributed by atoms with E-state index in [2.05, 4.69) is 5.32 Å². The molecular weight excluding hydrogens is 202 g/mol. The van der Waals surface area contributed by atoms with E-state index < -0.39 is 0 Å². The molecule has 0 aliphatic carbocycles. The van der Waals surface area contributed by atoms with Crippen LogP contribution in [0.4, 0.5) is 0 Å². The summed E-state index contributed by atoms with van der Waals surface area (Å²) < 4.78 is 5.26. The number of carbonyl (C=O) groups excluding carboxylic acids is 1. The molecule has 0 aliphatic rings. The van der Waals surface area contributed by atoms with Gasteiger partial charge in [0.1, 0.15) is 11.5 Å². The number of furan rings is 1. The molecule has 1 aromatic rings. The number of nitrogens with one attached hydrogen (secondary N) is 1. The van der Waals surface area contributed by atoms with E-state index in [-0.39, 0.29) is 5.91 Å². The van der Waals surface area contributed by atoms with Gasteiger partial charge in [0.15, 0.2) is 0 Å². The second-order valence-corrected chi connectivity index (χ2v) is 3.50. The zero-order chi connectivity index (χ0) is 10.6. The molecule has 4 heteroatoms. The third-order valence-corrected chi connectivity index (χ3v) is 2.15. The molecule has 0 bridgehead atoms. The largest absolute Gasteiger partial charge is 0.466 e. The van der Waals surface area contributed by atoms with E-state index in [0.717, 1.165) is 12.2 Å². The molecule has 0 fully saturated rings. The molecule has 1 aromatic heterocycles. The summed E-state index contributed by atoms with van der Waals surface area (Å²) in [4.78, 5) is 11.5. The summed E-state index contributed by atoms with van der Waals surface area (Å²) in [6.45, 7) is 4.21. The van der Waals surface area contributed by atoms with Crippen LogP contribution in [0.3, 0.4) is 0 Å². The first kappa shape index (κ1) is 11.1. The number of carbonyl (C=O) groups is 1.